The van der Waals surface area contributed by atoms with Crippen LogP contribution in [0.15, 0.2) is 30.7 Å². The third kappa shape index (κ3) is 3.20. The van der Waals surface area contributed by atoms with E-state index in [0.29, 0.717) is 5.56 Å². The zero-order chi connectivity index (χ0) is 14.5. The van der Waals surface area contributed by atoms with Crippen molar-refractivity contribution in [2.75, 3.05) is 0 Å². The van der Waals surface area contributed by atoms with Gasteiger partial charge in [0.1, 0.15) is 0 Å². The van der Waals surface area contributed by atoms with Gasteiger partial charge in [0.15, 0.2) is 0 Å². The van der Waals surface area contributed by atoms with Crippen LogP contribution in [-0.4, -0.2) is 20.7 Å². The van der Waals surface area contributed by atoms with E-state index in [1.165, 1.54) is 18.3 Å². The Balaban J connectivity index is 2.09. The number of rotatable bonds is 5. The molecule has 0 aromatic carbocycles. The Morgan fingerprint density at radius 1 is 1.40 bits per heavy atom. The fourth-order valence-corrected chi connectivity index (χ4v) is 1.91. The Morgan fingerprint density at radius 2 is 2.20 bits per heavy atom. The quantitative estimate of drug-likeness (QED) is 0.853. The molecule has 2 aromatic heterocycles. The third-order valence-corrected chi connectivity index (χ3v) is 3.08. The van der Waals surface area contributed by atoms with E-state index >= 15 is 0 Å². The monoisotopic (exact) mass is 276 g/mol. The van der Waals surface area contributed by atoms with Crippen molar-refractivity contribution in [1.29, 1.82) is 0 Å². The summed E-state index contributed by atoms with van der Waals surface area (Å²) in [6.45, 7) is 4.77. The summed E-state index contributed by atoms with van der Waals surface area (Å²) in [7, 11) is 0. The number of hydrogen-bond donors (Lipinski definition) is 1. The molecule has 1 atom stereocenters. The van der Waals surface area contributed by atoms with E-state index in [0.717, 1.165) is 18.5 Å². The second-order valence-corrected chi connectivity index (χ2v) is 4.43. The molecule has 0 fully saturated rings. The predicted molar refractivity (Wildman–Crippen MR) is 72.6 cm³/mol. The van der Waals surface area contributed by atoms with E-state index in [9.17, 15) is 9.18 Å². The number of pyridine rings is 1. The van der Waals surface area contributed by atoms with Crippen LogP contribution < -0.4 is 5.32 Å². The maximum atomic E-state index is 12.7. The second kappa shape index (κ2) is 6.27. The maximum Gasteiger partial charge on any atom is 0.253 e. The highest BCUT2D eigenvalue weighted by atomic mass is 19.1. The number of amides is 1. The largest absolute Gasteiger partial charge is 0.345 e. The highest BCUT2D eigenvalue weighted by Crippen LogP contribution is 2.16. The van der Waals surface area contributed by atoms with E-state index in [4.69, 9.17) is 0 Å². The van der Waals surface area contributed by atoms with Gasteiger partial charge < -0.3 is 5.32 Å². The lowest BCUT2D eigenvalue weighted by Crippen LogP contribution is -2.28. The molecule has 1 amide bonds. The standard InChI is InChI=1S/C14H17FN4O/c1-3-12(11-8-17-19(4-2)9-11)18-14(20)10-5-6-13(15)16-7-10/h5-9,12H,3-4H2,1-2H3,(H,18,20)/t12-/m1/s1. The van der Waals surface area contributed by atoms with Gasteiger partial charge >= 0.3 is 0 Å². The average Bonchev–Trinajstić information content (AvgIpc) is 2.94. The van der Waals surface area contributed by atoms with Crippen molar-refractivity contribution in [3.8, 4) is 0 Å². The molecule has 1 N–H and O–H groups in total. The summed E-state index contributed by atoms with van der Waals surface area (Å²) in [5, 5.41) is 7.10. The molecule has 106 valence electrons. The maximum absolute atomic E-state index is 12.7. The molecule has 0 bridgehead atoms. The van der Waals surface area contributed by atoms with Crippen LogP contribution in [0, 0.1) is 5.95 Å². The molecule has 5 nitrogen and oxygen atoms in total. The first-order valence-electron chi connectivity index (χ1n) is 6.58. The molecule has 2 rings (SSSR count). The first kappa shape index (κ1) is 14.2. The summed E-state index contributed by atoms with van der Waals surface area (Å²) < 4.78 is 14.5. The number of aryl methyl sites for hydroxylation is 1. The zero-order valence-electron chi connectivity index (χ0n) is 11.5. The van der Waals surface area contributed by atoms with Crippen molar-refractivity contribution in [2.24, 2.45) is 0 Å². The lowest BCUT2D eigenvalue weighted by molar-refractivity contribution is 0.0935. The molecule has 0 aliphatic heterocycles. The molecule has 0 radical (unpaired) electrons. The molecule has 0 aliphatic rings. The van der Waals surface area contributed by atoms with Gasteiger partial charge in [0.05, 0.1) is 17.8 Å². The molecular weight excluding hydrogens is 259 g/mol. The normalized spacial score (nSPS) is 12.2. The highest BCUT2D eigenvalue weighted by Gasteiger charge is 2.16. The summed E-state index contributed by atoms with van der Waals surface area (Å²) in [5.74, 6) is -0.869. The van der Waals surface area contributed by atoms with Crippen molar-refractivity contribution < 1.29 is 9.18 Å². The number of hydrogen-bond acceptors (Lipinski definition) is 3. The van der Waals surface area contributed by atoms with E-state index in [2.05, 4.69) is 15.4 Å². The number of aromatic nitrogens is 3. The third-order valence-electron chi connectivity index (χ3n) is 3.08. The van der Waals surface area contributed by atoms with Gasteiger partial charge in [-0.3, -0.25) is 9.48 Å². The van der Waals surface area contributed by atoms with E-state index in [-0.39, 0.29) is 11.9 Å². The second-order valence-electron chi connectivity index (χ2n) is 4.43. The lowest BCUT2D eigenvalue weighted by atomic mass is 10.1. The van der Waals surface area contributed by atoms with Crippen LogP contribution >= 0.6 is 0 Å². The predicted octanol–water partition coefficient (Wildman–Crippen LogP) is 2.32. The summed E-state index contributed by atoms with van der Waals surface area (Å²) in [5.41, 5.74) is 1.30. The number of carbonyl (C=O) groups excluding carboxylic acids is 1. The Labute approximate surface area is 116 Å². The smallest absolute Gasteiger partial charge is 0.253 e. The SMILES string of the molecule is CC[C@@H](NC(=O)c1ccc(F)nc1)c1cnn(CC)c1. The lowest BCUT2D eigenvalue weighted by Gasteiger charge is -2.15. The Morgan fingerprint density at radius 3 is 2.75 bits per heavy atom. The van der Waals surface area contributed by atoms with Crippen LogP contribution in [0.25, 0.3) is 0 Å². The van der Waals surface area contributed by atoms with Gasteiger partial charge in [-0.2, -0.15) is 9.49 Å². The number of nitrogens with zero attached hydrogens (tertiary/aromatic N) is 3. The number of nitrogens with one attached hydrogen (secondary N) is 1. The molecule has 0 spiro atoms. The van der Waals surface area contributed by atoms with Crippen molar-refractivity contribution in [1.82, 2.24) is 20.1 Å². The van der Waals surface area contributed by atoms with Crippen LogP contribution in [0.4, 0.5) is 4.39 Å². The van der Waals surface area contributed by atoms with Gasteiger partial charge in [-0.1, -0.05) is 6.92 Å². The fraction of sp³-hybridized carbons (Fsp3) is 0.357. The first-order chi connectivity index (χ1) is 9.63. The minimum atomic E-state index is -0.599. The van der Waals surface area contributed by atoms with Crippen LogP contribution in [0.2, 0.25) is 0 Å². The molecule has 0 saturated carbocycles. The van der Waals surface area contributed by atoms with Crippen LogP contribution in [0.3, 0.4) is 0 Å². The number of carbonyl (C=O) groups is 1. The number of halogens is 1. The highest BCUT2D eigenvalue weighted by molar-refractivity contribution is 5.94. The molecule has 0 unspecified atom stereocenters. The van der Waals surface area contributed by atoms with Crippen molar-refractivity contribution in [3.63, 3.8) is 0 Å². The fourth-order valence-electron chi connectivity index (χ4n) is 1.91. The van der Waals surface area contributed by atoms with E-state index < -0.39 is 5.95 Å². The van der Waals surface area contributed by atoms with E-state index in [1.54, 1.807) is 6.20 Å². The molecule has 6 heteroatoms. The van der Waals surface area contributed by atoms with Crippen molar-refractivity contribution in [2.45, 2.75) is 32.9 Å². The van der Waals surface area contributed by atoms with Crippen LogP contribution in [0.5, 0.6) is 0 Å². The van der Waals surface area contributed by atoms with Crippen LogP contribution in [0.1, 0.15) is 42.2 Å². The molecule has 0 saturated heterocycles. The Kier molecular flexibility index (Phi) is 4.45. The van der Waals surface area contributed by atoms with Crippen molar-refractivity contribution >= 4 is 5.91 Å². The Bertz CT molecular complexity index is 579. The molecule has 0 aliphatic carbocycles. The van der Waals surface area contributed by atoms with Gasteiger partial charge in [0, 0.05) is 24.5 Å². The van der Waals surface area contributed by atoms with Gasteiger partial charge in [0.2, 0.25) is 5.95 Å². The molecule has 2 aromatic rings. The van der Waals surface area contributed by atoms with Crippen LogP contribution in [-0.2, 0) is 6.54 Å². The van der Waals surface area contributed by atoms with Gasteiger partial charge in [-0.25, -0.2) is 4.98 Å². The van der Waals surface area contributed by atoms with Gasteiger partial charge in [0.25, 0.3) is 5.91 Å². The molecule has 2 heterocycles. The molecule has 20 heavy (non-hydrogen) atoms. The average molecular weight is 276 g/mol. The summed E-state index contributed by atoms with van der Waals surface area (Å²) in [4.78, 5) is 15.6. The first-order valence-corrected chi connectivity index (χ1v) is 6.58. The van der Waals surface area contributed by atoms with E-state index in [1.807, 2.05) is 24.7 Å². The summed E-state index contributed by atoms with van der Waals surface area (Å²) >= 11 is 0. The molecular formula is C14H17FN4O. The Hall–Kier alpha value is -2.24. The topological polar surface area (TPSA) is 59.8 Å². The minimum absolute atomic E-state index is 0.118. The van der Waals surface area contributed by atoms with Crippen molar-refractivity contribution in [3.05, 3.63) is 47.8 Å². The van der Waals surface area contributed by atoms with Gasteiger partial charge in [-0.15, -0.1) is 0 Å². The summed E-state index contributed by atoms with van der Waals surface area (Å²) in [6.07, 6.45) is 5.64. The minimum Gasteiger partial charge on any atom is -0.345 e. The van der Waals surface area contributed by atoms with Gasteiger partial charge in [-0.05, 0) is 25.5 Å². The summed E-state index contributed by atoms with van der Waals surface area (Å²) in [6, 6.07) is 2.47. The zero-order valence-corrected chi connectivity index (χ0v) is 11.5.